The maximum absolute atomic E-state index is 11.8. The molecule has 4 rings (SSSR count). The summed E-state index contributed by atoms with van der Waals surface area (Å²) in [6, 6.07) is 1.65. The van der Waals surface area contributed by atoms with Gasteiger partial charge in [-0.3, -0.25) is 9.69 Å². The van der Waals surface area contributed by atoms with Crippen LogP contribution in [0.2, 0.25) is 0 Å². The standard InChI is InChI=1S/C16H20N4OS/c21-14-8-13(18-16(19-14)12-1-2-12)10-20-5-3-11(9-20)7-15-17-4-6-22-15/h4,6,8,11-12H,1-3,5,7,9-10H2,(H,18,19,21). The van der Waals surface area contributed by atoms with Gasteiger partial charge in [-0.2, -0.15) is 0 Å². The van der Waals surface area contributed by atoms with Gasteiger partial charge in [0, 0.05) is 43.1 Å². The molecule has 5 nitrogen and oxygen atoms in total. The minimum atomic E-state index is -0.00886. The quantitative estimate of drug-likeness (QED) is 0.918. The molecule has 1 N–H and O–H groups in total. The first kappa shape index (κ1) is 14.1. The highest BCUT2D eigenvalue weighted by Crippen LogP contribution is 2.37. The molecular weight excluding hydrogens is 296 g/mol. The van der Waals surface area contributed by atoms with Crippen molar-refractivity contribution < 1.29 is 0 Å². The molecule has 1 aliphatic heterocycles. The Bertz CT molecular complexity index is 692. The van der Waals surface area contributed by atoms with E-state index < -0.39 is 0 Å². The molecule has 1 saturated carbocycles. The molecule has 0 radical (unpaired) electrons. The Labute approximate surface area is 133 Å². The van der Waals surface area contributed by atoms with Crippen LogP contribution in [0.1, 0.15) is 41.7 Å². The van der Waals surface area contributed by atoms with E-state index in [0.29, 0.717) is 11.8 Å². The van der Waals surface area contributed by atoms with Crippen LogP contribution in [0.15, 0.2) is 22.4 Å². The van der Waals surface area contributed by atoms with Gasteiger partial charge in [0.2, 0.25) is 0 Å². The average Bonchev–Trinajstić information content (AvgIpc) is 3.06. The summed E-state index contributed by atoms with van der Waals surface area (Å²) in [7, 11) is 0. The monoisotopic (exact) mass is 316 g/mol. The van der Waals surface area contributed by atoms with E-state index >= 15 is 0 Å². The lowest BCUT2D eigenvalue weighted by Gasteiger charge is -2.15. The molecule has 2 aliphatic rings. The molecule has 116 valence electrons. The predicted octanol–water partition coefficient (Wildman–Crippen LogP) is 2.17. The molecule has 3 heterocycles. The van der Waals surface area contributed by atoms with E-state index in [-0.39, 0.29) is 5.56 Å². The van der Waals surface area contributed by atoms with Crippen LogP contribution < -0.4 is 5.56 Å². The SMILES string of the molecule is O=c1cc(CN2CCC(Cc3nccs3)C2)nc(C2CC2)[nH]1. The van der Waals surface area contributed by atoms with Crippen LogP contribution in [-0.2, 0) is 13.0 Å². The average molecular weight is 316 g/mol. The first-order valence-electron chi connectivity index (χ1n) is 7.97. The van der Waals surface area contributed by atoms with Gasteiger partial charge in [0.15, 0.2) is 0 Å². The largest absolute Gasteiger partial charge is 0.310 e. The van der Waals surface area contributed by atoms with Crippen molar-refractivity contribution in [3.05, 3.63) is 44.5 Å². The van der Waals surface area contributed by atoms with Crippen molar-refractivity contribution in [3.8, 4) is 0 Å². The highest BCUT2D eigenvalue weighted by atomic mass is 32.1. The van der Waals surface area contributed by atoms with Gasteiger partial charge in [0.05, 0.1) is 10.7 Å². The fraction of sp³-hybridized carbons (Fsp3) is 0.562. The highest BCUT2D eigenvalue weighted by molar-refractivity contribution is 7.09. The van der Waals surface area contributed by atoms with Crippen LogP contribution in [0.5, 0.6) is 0 Å². The Balaban J connectivity index is 1.38. The number of hydrogen-bond donors (Lipinski definition) is 1. The number of hydrogen-bond acceptors (Lipinski definition) is 5. The summed E-state index contributed by atoms with van der Waals surface area (Å²) < 4.78 is 0. The summed E-state index contributed by atoms with van der Waals surface area (Å²) in [4.78, 5) is 26.1. The van der Waals surface area contributed by atoms with Gasteiger partial charge in [-0.05, 0) is 31.7 Å². The van der Waals surface area contributed by atoms with Crippen molar-refractivity contribution in [3.63, 3.8) is 0 Å². The molecular formula is C16H20N4OS. The van der Waals surface area contributed by atoms with E-state index in [1.165, 1.54) is 11.4 Å². The van der Waals surface area contributed by atoms with Gasteiger partial charge < -0.3 is 4.98 Å². The number of H-pyrrole nitrogens is 1. The third kappa shape index (κ3) is 3.28. The fourth-order valence-corrected chi connectivity index (χ4v) is 3.95. The molecule has 0 aromatic carbocycles. The van der Waals surface area contributed by atoms with E-state index in [2.05, 4.69) is 19.9 Å². The maximum atomic E-state index is 11.8. The van der Waals surface area contributed by atoms with Gasteiger partial charge in [-0.25, -0.2) is 9.97 Å². The zero-order valence-corrected chi connectivity index (χ0v) is 13.3. The zero-order chi connectivity index (χ0) is 14.9. The summed E-state index contributed by atoms with van der Waals surface area (Å²) >= 11 is 1.74. The number of aromatic amines is 1. The van der Waals surface area contributed by atoms with Crippen molar-refractivity contribution in [2.24, 2.45) is 5.92 Å². The van der Waals surface area contributed by atoms with Crippen molar-refractivity contribution >= 4 is 11.3 Å². The summed E-state index contributed by atoms with van der Waals surface area (Å²) in [5.74, 6) is 2.06. The smallest absolute Gasteiger partial charge is 0.251 e. The molecule has 22 heavy (non-hydrogen) atoms. The van der Waals surface area contributed by atoms with Crippen LogP contribution in [0.25, 0.3) is 0 Å². The highest BCUT2D eigenvalue weighted by Gasteiger charge is 2.27. The van der Waals surface area contributed by atoms with Gasteiger partial charge in [0.25, 0.3) is 5.56 Å². The van der Waals surface area contributed by atoms with Crippen LogP contribution in [0.4, 0.5) is 0 Å². The molecule has 1 aliphatic carbocycles. The minimum absolute atomic E-state index is 0.00886. The second kappa shape index (κ2) is 5.93. The maximum Gasteiger partial charge on any atom is 0.251 e. The van der Waals surface area contributed by atoms with Crippen LogP contribution >= 0.6 is 11.3 Å². The molecule has 1 unspecified atom stereocenters. The summed E-state index contributed by atoms with van der Waals surface area (Å²) in [5.41, 5.74) is 0.908. The predicted molar refractivity (Wildman–Crippen MR) is 86.0 cm³/mol. The minimum Gasteiger partial charge on any atom is -0.310 e. The van der Waals surface area contributed by atoms with E-state index in [4.69, 9.17) is 0 Å². The Hall–Kier alpha value is -1.53. The lowest BCUT2D eigenvalue weighted by molar-refractivity contribution is 0.312. The van der Waals surface area contributed by atoms with Gasteiger partial charge in [-0.1, -0.05) is 0 Å². The van der Waals surface area contributed by atoms with Crippen molar-refractivity contribution in [2.75, 3.05) is 13.1 Å². The second-order valence-electron chi connectivity index (χ2n) is 6.42. The molecule has 2 fully saturated rings. The molecule has 2 aromatic rings. The van der Waals surface area contributed by atoms with E-state index in [9.17, 15) is 4.79 Å². The van der Waals surface area contributed by atoms with Gasteiger partial charge in [-0.15, -0.1) is 11.3 Å². The first-order valence-corrected chi connectivity index (χ1v) is 8.85. The molecule has 0 amide bonds. The van der Waals surface area contributed by atoms with E-state index in [1.54, 1.807) is 17.4 Å². The summed E-state index contributed by atoms with van der Waals surface area (Å²) in [6.45, 7) is 2.95. The van der Waals surface area contributed by atoms with Crippen molar-refractivity contribution in [1.82, 2.24) is 19.9 Å². The summed E-state index contributed by atoms with van der Waals surface area (Å²) in [5, 5.41) is 3.28. The van der Waals surface area contributed by atoms with E-state index in [1.807, 2.05) is 11.6 Å². The lowest BCUT2D eigenvalue weighted by Crippen LogP contribution is -2.23. The van der Waals surface area contributed by atoms with E-state index in [0.717, 1.165) is 50.4 Å². The Kier molecular flexibility index (Phi) is 3.80. The third-order valence-electron chi connectivity index (χ3n) is 4.48. The van der Waals surface area contributed by atoms with Crippen molar-refractivity contribution in [1.29, 1.82) is 0 Å². The Morgan fingerprint density at radius 2 is 2.27 bits per heavy atom. The molecule has 1 saturated heterocycles. The second-order valence-corrected chi connectivity index (χ2v) is 7.40. The number of nitrogens with one attached hydrogen (secondary N) is 1. The van der Waals surface area contributed by atoms with Crippen LogP contribution in [0.3, 0.4) is 0 Å². The van der Waals surface area contributed by atoms with Gasteiger partial charge in [0.1, 0.15) is 5.82 Å². The number of thiazole rings is 1. The number of likely N-dealkylation sites (tertiary alicyclic amines) is 1. The number of aromatic nitrogens is 3. The zero-order valence-electron chi connectivity index (χ0n) is 12.5. The summed E-state index contributed by atoms with van der Waals surface area (Å²) in [6.07, 6.45) is 6.48. The fourth-order valence-electron chi connectivity index (χ4n) is 3.21. The van der Waals surface area contributed by atoms with Crippen LogP contribution in [-0.4, -0.2) is 32.9 Å². The van der Waals surface area contributed by atoms with Crippen molar-refractivity contribution in [2.45, 2.75) is 38.1 Å². The van der Waals surface area contributed by atoms with Crippen LogP contribution in [0, 0.1) is 5.92 Å². The molecule has 2 aromatic heterocycles. The number of rotatable bonds is 5. The Morgan fingerprint density at radius 1 is 1.36 bits per heavy atom. The Morgan fingerprint density at radius 3 is 3.05 bits per heavy atom. The lowest BCUT2D eigenvalue weighted by atomic mass is 10.1. The molecule has 0 spiro atoms. The third-order valence-corrected chi connectivity index (χ3v) is 5.28. The van der Waals surface area contributed by atoms with Gasteiger partial charge >= 0.3 is 0 Å². The first-order chi connectivity index (χ1) is 10.8. The molecule has 0 bridgehead atoms. The molecule has 6 heteroatoms. The normalized spacial score (nSPS) is 22.3. The number of nitrogens with zero attached hydrogens (tertiary/aromatic N) is 3. The molecule has 1 atom stereocenters. The topological polar surface area (TPSA) is 61.9 Å².